The molecule has 1 atom stereocenters. The zero-order valence-electron chi connectivity index (χ0n) is 16.2. The first-order valence-corrected chi connectivity index (χ1v) is 10.2. The molecule has 28 heavy (non-hydrogen) atoms. The van der Waals surface area contributed by atoms with Crippen LogP contribution < -0.4 is 10.6 Å². The van der Waals surface area contributed by atoms with E-state index in [1.54, 1.807) is 23.9 Å². The first kappa shape index (κ1) is 22.4. The summed E-state index contributed by atoms with van der Waals surface area (Å²) in [6, 6.07) is 8.28. The quantitative estimate of drug-likeness (QED) is 0.257. The van der Waals surface area contributed by atoms with Crippen LogP contribution in [0.25, 0.3) is 0 Å². The number of aryl methyl sites for hydroxylation is 1. The van der Waals surface area contributed by atoms with Gasteiger partial charge in [-0.1, -0.05) is 19.9 Å². The van der Waals surface area contributed by atoms with E-state index in [-0.39, 0.29) is 30.0 Å². The van der Waals surface area contributed by atoms with E-state index in [4.69, 9.17) is 9.41 Å². The maximum absolute atomic E-state index is 5.40. The second-order valence-corrected chi connectivity index (χ2v) is 7.06. The third-order valence-electron chi connectivity index (χ3n) is 4.24. The molecule has 0 aliphatic rings. The van der Waals surface area contributed by atoms with Gasteiger partial charge in [0.1, 0.15) is 24.5 Å². The summed E-state index contributed by atoms with van der Waals surface area (Å²) in [6.45, 7) is 6.27. The van der Waals surface area contributed by atoms with E-state index >= 15 is 0 Å². The van der Waals surface area contributed by atoms with Crippen LogP contribution in [0.3, 0.4) is 0 Å². The SMILES string of the molecule is CCc1nncn1CCNC(=NCc1ccco1)NC(CC)c1cccs1.I. The first-order chi connectivity index (χ1) is 13.3. The number of nitrogens with zero attached hydrogens (tertiary/aromatic N) is 4. The Balaban J connectivity index is 0.00000280. The van der Waals surface area contributed by atoms with E-state index in [2.05, 4.69) is 56.8 Å². The van der Waals surface area contributed by atoms with Crippen molar-refractivity contribution in [3.05, 3.63) is 58.7 Å². The van der Waals surface area contributed by atoms with Gasteiger partial charge in [-0.15, -0.1) is 45.5 Å². The minimum atomic E-state index is 0. The highest BCUT2D eigenvalue weighted by molar-refractivity contribution is 14.0. The van der Waals surface area contributed by atoms with E-state index in [0.29, 0.717) is 6.54 Å². The minimum Gasteiger partial charge on any atom is -0.467 e. The van der Waals surface area contributed by atoms with E-state index in [1.165, 1.54) is 4.88 Å². The lowest BCUT2D eigenvalue weighted by Crippen LogP contribution is -2.40. The monoisotopic (exact) mass is 514 g/mol. The zero-order valence-corrected chi connectivity index (χ0v) is 19.3. The zero-order chi connectivity index (χ0) is 18.9. The normalized spacial score (nSPS) is 12.4. The van der Waals surface area contributed by atoms with Crippen molar-refractivity contribution in [3.63, 3.8) is 0 Å². The van der Waals surface area contributed by atoms with E-state index < -0.39 is 0 Å². The fourth-order valence-corrected chi connectivity index (χ4v) is 3.64. The summed E-state index contributed by atoms with van der Waals surface area (Å²) in [7, 11) is 0. The summed E-state index contributed by atoms with van der Waals surface area (Å²) < 4.78 is 7.46. The largest absolute Gasteiger partial charge is 0.467 e. The molecule has 2 N–H and O–H groups in total. The maximum Gasteiger partial charge on any atom is 0.192 e. The Bertz CT molecular complexity index is 815. The minimum absolute atomic E-state index is 0. The van der Waals surface area contributed by atoms with Crippen LogP contribution in [0.1, 0.15) is 42.8 Å². The molecular weight excluding hydrogens is 487 g/mol. The van der Waals surface area contributed by atoms with E-state index in [9.17, 15) is 0 Å². The molecule has 0 amide bonds. The van der Waals surface area contributed by atoms with Gasteiger partial charge >= 0.3 is 0 Å². The molecule has 152 valence electrons. The topological polar surface area (TPSA) is 80.3 Å². The molecule has 3 aromatic heterocycles. The Labute approximate surface area is 186 Å². The van der Waals surface area contributed by atoms with Gasteiger partial charge in [0.15, 0.2) is 5.96 Å². The number of hydrogen-bond acceptors (Lipinski definition) is 5. The van der Waals surface area contributed by atoms with Crippen molar-refractivity contribution >= 4 is 41.3 Å². The Morgan fingerprint density at radius 1 is 1.32 bits per heavy atom. The number of rotatable bonds is 9. The van der Waals surface area contributed by atoms with Gasteiger partial charge < -0.3 is 19.6 Å². The van der Waals surface area contributed by atoms with Gasteiger partial charge in [0.25, 0.3) is 0 Å². The molecule has 7 nitrogen and oxygen atoms in total. The van der Waals surface area contributed by atoms with Crippen molar-refractivity contribution < 1.29 is 4.42 Å². The lowest BCUT2D eigenvalue weighted by atomic mass is 10.2. The maximum atomic E-state index is 5.40. The van der Waals surface area contributed by atoms with Crippen LogP contribution >= 0.6 is 35.3 Å². The average Bonchev–Trinajstić information content (AvgIpc) is 3.45. The molecule has 0 aromatic carbocycles. The summed E-state index contributed by atoms with van der Waals surface area (Å²) >= 11 is 1.76. The number of nitrogens with one attached hydrogen (secondary N) is 2. The van der Waals surface area contributed by atoms with Crippen LogP contribution in [0.4, 0.5) is 0 Å². The first-order valence-electron chi connectivity index (χ1n) is 9.27. The van der Waals surface area contributed by atoms with Gasteiger partial charge in [-0.05, 0) is 30.0 Å². The summed E-state index contributed by atoms with van der Waals surface area (Å²) in [4.78, 5) is 5.99. The van der Waals surface area contributed by atoms with Crippen LogP contribution in [0.5, 0.6) is 0 Å². The van der Waals surface area contributed by atoms with E-state index in [0.717, 1.165) is 43.5 Å². The molecule has 0 radical (unpaired) electrons. The molecule has 0 aliphatic carbocycles. The summed E-state index contributed by atoms with van der Waals surface area (Å²) in [5, 5.41) is 17.2. The Morgan fingerprint density at radius 2 is 2.21 bits per heavy atom. The van der Waals surface area contributed by atoms with Crippen LogP contribution in [0.2, 0.25) is 0 Å². The van der Waals surface area contributed by atoms with Crippen LogP contribution in [0.15, 0.2) is 51.6 Å². The molecule has 9 heteroatoms. The van der Waals surface area contributed by atoms with Crippen molar-refractivity contribution in [2.75, 3.05) is 6.54 Å². The number of aromatic nitrogens is 3. The Kier molecular flexibility index (Phi) is 9.48. The predicted octanol–water partition coefficient (Wildman–Crippen LogP) is 4.00. The van der Waals surface area contributed by atoms with Crippen molar-refractivity contribution in [1.29, 1.82) is 0 Å². The lowest BCUT2D eigenvalue weighted by molar-refractivity contribution is 0.510. The molecule has 0 fully saturated rings. The number of guanidine groups is 1. The highest BCUT2D eigenvalue weighted by atomic mass is 127. The third-order valence-corrected chi connectivity index (χ3v) is 5.22. The molecule has 3 aromatic rings. The van der Waals surface area contributed by atoms with Gasteiger partial charge in [-0.3, -0.25) is 0 Å². The standard InChI is InChI=1S/C19H26N6OS.HI/c1-3-16(17-8-6-12-27-17)23-19(21-13-15-7-5-11-26-15)20-9-10-25-14-22-24-18(25)4-2;/h5-8,11-12,14,16H,3-4,9-10,13H2,1-2H3,(H2,20,21,23);1H. The number of hydrogen-bond donors (Lipinski definition) is 2. The highest BCUT2D eigenvalue weighted by Gasteiger charge is 2.12. The molecule has 0 saturated carbocycles. The fraction of sp³-hybridized carbons (Fsp3) is 0.421. The van der Waals surface area contributed by atoms with Crippen molar-refractivity contribution in [2.24, 2.45) is 4.99 Å². The van der Waals surface area contributed by atoms with Crippen molar-refractivity contribution in [1.82, 2.24) is 25.4 Å². The third kappa shape index (κ3) is 6.33. The molecule has 1 unspecified atom stereocenters. The van der Waals surface area contributed by atoms with E-state index in [1.807, 2.05) is 12.1 Å². The molecular formula is C19H27IN6OS. The smallest absolute Gasteiger partial charge is 0.192 e. The molecule has 0 aliphatic heterocycles. The van der Waals surface area contributed by atoms with Gasteiger partial charge in [-0.2, -0.15) is 0 Å². The van der Waals surface area contributed by atoms with Gasteiger partial charge in [0.05, 0.1) is 12.3 Å². The lowest BCUT2D eigenvalue weighted by Gasteiger charge is -2.20. The predicted molar refractivity (Wildman–Crippen MR) is 123 cm³/mol. The molecule has 3 rings (SSSR count). The summed E-state index contributed by atoms with van der Waals surface area (Å²) in [5.41, 5.74) is 0. The highest BCUT2D eigenvalue weighted by Crippen LogP contribution is 2.21. The van der Waals surface area contributed by atoms with Crippen molar-refractivity contribution in [2.45, 2.75) is 45.8 Å². The van der Waals surface area contributed by atoms with Crippen LogP contribution in [0, 0.1) is 0 Å². The summed E-state index contributed by atoms with van der Waals surface area (Å²) in [5.74, 6) is 2.61. The van der Waals surface area contributed by atoms with Gasteiger partial charge in [0, 0.05) is 24.4 Å². The molecule has 0 bridgehead atoms. The summed E-state index contributed by atoms with van der Waals surface area (Å²) in [6.07, 6.45) is 5.29. The van der Waals surface area contributed by atoms with Gasteiger partial charge in [-0.25, -0.2) is 4.99 Å². The second-order valence-electron chi connectivity index (χ2n) is 6.09. The Hall–Kier alpha value is -1.88. The van der Waals surface area contributed by atoms with Crippen LogP contribution in [-0.4, -0.2) is 27.3 Å². The molecule has 0 spiro atoms. The number of halogens is 1. The number of furan rings is 1. The second kappa shape index (κ2) is 11.8. The molecule has 0 saturated heterocycles. The number of thiophene rings is 1. The Morgan fingerprint density at radius 3 is 2.89 bits per heavy atom. The average molecular weight is 514 g/mol. The van der Waals surface area contributed by atoms with Crippen LogP contribution in [-0.2, 0) is 19.5 Å². The van der Waals surface area contributed by atoms with Gasteiger partial charge in [0.2, 0.25) is 0 Å². The van der Waals surface area contributed by atoms with Crippen molar-refractivity contribution in [3.8, 4) is 0 Å². The fourth-order valence-electron chi connectivity index (χ4n) is 2.78. The molecule has 3 heterocycles. The number of aliphatic imine (C=N–C) groups is 1.